The maximum atomic E-state index is 9.45. The molecule has 2 aromatic heterocycles. The third-order valence-electron chi connectivity index (χ3n) is 3.09. The Morgan fingerprint density at radius 3 is 2.68 bits per heavy atom. The zero-order chi connectivity index (χ0) is 13.2. The largest absolute Gasteiger partial charge is 0.496 e. The number of fused-ring (bicyclic) bond motifs is 1. The molecule has 0 spiro atoms. The summed E-state index contributed by atoms with van der Waals surface area (Å²) in [6.07, 6.45) is 3.42. The lowest BCUT2D eigenvalue weighted by molar-refractivity contribution is 0.420. The molecular weight excluding hydrogens is 238 g/mol. The van der Waals surface area contributed by atoms with E-state index in [4.69, 9.17) is 4.74 Å². The molecule has 1 aromatic carbocycles. The molecule has 0 atom stereocenters. The third-order valence-corrected chi connectivity index (χ3v) is 3.09. The van der Waals surface area contributed by atoms with Gasteiger partial charge in [-0.05, 0) is 24.3 Å². The van der Waals surface area contributed by atoms with Crippen LogP contribution in [0.3, 0.4) is 0 Å². The second kappa shape index (κ2) is 4.46. The zero-order valence-corrected chi connectivity index (χ0v) is 10.3. The predicted molar refractivity (Wildman–Crippen MR) is 72.8 cm³/mol. The Hall–Kier alpha value is -2.80. The summed E-state index contributed by atoms with van der Waals surface area (Å²) in [6.45, 7) is 0. The molecule has 4 heteroatoms. The minimum atomic E-state index is 0.596. The summed E-state index contributed by atoms with van der Waals surface area (Å²) in [7, 11) is 1.61. The number of ether oxygens (including phenoxy) is 1. The van der Waals surface area contributed by atoms with Crippen molar-refractivity contribution < 1.29 is 4.74 Å². The van der Waals surface area contributed by atoms with Crippen LogP contribution in [-0.4, -0.2) is 17.1 Å². The molecule has 92 valence electrons. The number of hydrogen-bond acceptors (Lipinski definition) is 3. The van der Waals surface area contributed by atoms with Gasteiger partial charge in [0.15, 0.2) is 0 Å². The normalized spacial score (nSPS) is 10.3. The van der Waals surface area contributed by atoms with Crippen molar-refractivity contribution in [2.75, 3.05) is 7.11 Å². The molecule has 0 saturated carbocycles. The average molecular weight is 249 g/mol. The maximum absolute atomic E-state index is 9.45. The van der Waals surface area contributed by atoms with Crippen molar-refractivity contribution in [2.24, 2.45) is 0 Å². The van der Waals surface area contributed by atoms with Crippen molar-refractivity contribution in [3.63, 3.8) is 0 Å². The highest BCUT2D eigenvalue weighted by Gasteiger charge is 2.15. The quantitative estimate of drug-likeness (QED) is 0.759. The summed E-state index contributed by atoms with van der Waals surface area (Å²) < 4.78 is 5.34. The molecular formula is C15H11N3O. The van der Waals surface area contributed by atoms with Gasteiger partial charge >= 0.3 is 0 Å². The Balaban J connectivity index is 2.37. The van der Waals surface area contributed by atoms with E-state index in [2.05, 4.69) is 16.0 Å². The van der Waals surface area contributed by atoms with Gasteiger partial charge in [0.2, 0.25) is 0 Å². The molecule has 2 heterocycles. The van der Waals surface area contributed by atoms with Gasteiger partial charge in [-0.15, -0.1) is 0 Å². The molecule has 0 bridgehead atoms. The number of aromatic nitrogens is 2. The number of rotatable bonds is 2. The van der Waals surface area contributed by atoms with E-state index in [-0.39, 0.29) is 0 Å². The van der Waals surface area contributed by atoms with E-state index < -0.39 is 0 Å². The highest BCUT2D eigenvalue weighted by molar-refractivity contribution is 5.97. The van der Waals surface area contributed by atoms with Gasteiger partial charge < -0.3 is 9.72 Å². The molecule has 3 aromatic rings. The van der Waals surface area contributed by atoms with E-state index >= 15 is 0 Å². The van der Waals surface area contributed by atoms with E-state index in [1.165, 1.54) is 0 Å². The smallest absolute Gasteiger partial charge is 0.129 e. The molecule has 1 N–H and O–H groups in total. The fourth-order valence-corrected chi connectivity index (χ4v) is 2.23. The fourth-order valence-electron chi connectivity index (χ4n) is 2.23. The monoisotopic (exact) mass is 249 g/mol. The lowest BCUT2D eigenvalue weighted by Crippen LogP contribution is -1.85. The van der Waals surface area contributed by atoms with Crippen molar-refractivity contribution in [1.29, 1.82) is 5.26 Å². The van der Waals surface area contributed by atoms with Crippen LogP contribution in [0.5, 0.6) is 5.75 Å². The van der Waals surface area contributed by atoms with Crippen LogP contribution in [0.1, 0.15) is 5.56 Å². The SMILES string of the molecule is COc1cccc2[nH]c(-c3ccncc3)c(C#N)c12. The predicted octanol–water partition coefficient (Wildman–Crippen LogP) is 3.11. The lowest BCUT2D eigenvalue weighted by atomic mass is 10.1. The van der Waals surface area contributed by atoms with Gasteiger partial charge in [0.1, 0.15) is 11.8 Å². The van der Waals surface area contributed by atoms with Gasteiger partial charge in [0, 0.05) is 18.0 Å². The first-order chi connectivity index (χ1) is 9.35. The van der Waals surface area contributed by atoms with Crippen LogP contribution >= 0.6 is 0 Å². The second-order valence-electron chi connectivity index (χ2n) is 4.11. The van der Waals surface area contributed by atoms with Gasteiger partial charge in [-0.3, -0.25) is 4.98 Å². The number of nitrogens with one attached hydrogen (secondary N) is 1. The second-order valence-corrected chi connectivity index (χ2v) is 4.11. The number of aromatic amines is 1. The Morgan fingerprint density at radius 2 is 2.00 bits per heavy atom. The Kier molecular flexibility index (Phi) is 2.66. The first-order valence-electron chi connectivity index (χ1n) is 5.84. The molecule has 4 nitrogen and oxygen atoms in total. The third kappa shape index (κ3) is 1.72. The van der Waals surface area contributed by atoms with Crippen LogP contribution in [0.2, 0.25) is 0 Å². The minimum Gasteiger partial charge on any atom is -0.496 e. The summed E-state index contributed by atoms with van der Waals surface area (Å²) in [4.78, 5) is 7.27. The fraction of sp³-hybridized carbons (Fsp3) is 0.0667. The van der Waals surface area contributed by atoms with Gasteiger partial charge in [0.25, 0.3) is 0 Å². The number of nitriles is 1. The van der Waals surface area contributed by atoms with Crippen molar-refractivity contribution >= 4 is 10.9 Å². The molecule has 3 rings (SSSR count). The highest BCUT2D eigenvalue weighted by atomic mass is 16.5. The molecule has 0 saturated heterocycles. The number of hydrogen-bond donors (Lipinski definition) is 1. The molecule has 0 fully saturated rings. The van der Waals surface area contributed by atoms with Crippen LogP contribution in [0, 0.1) is 11.3 Å². The summed E-state index contributed by atoms with van der Waals surface area (Å²) >= 11 is 0. The van der Waals surface area contributed by atoms with E-state index in [0.717, 1.165) is 22.2 Å². The highest BCUT2D eigenvalue weighted by Crippen LogP contribution is 2.34. The summed E-state index contributed by atoms with van der Waals surface area (Å²) in [5.41, 5.74) is 3.22. The molecule has 0 aliphatic carbocycles. The molecule has 0 aliphatic heterocycles. The first-order valence-corrected chi connectivity index (χ1v) is 5.84. The minimum absolute atomic E-state index is 0.596. The van der Waals surface area contributed by atoms with Gasteiger partial charge in [-0.25, -0.2) is 0 Å². The van der Waals surface area contributed by atoms with E-state index in [0.29, 0.717) is 11.3 Å². The zero-order valence-electron chi connectivity index (χ0n) is 10.3. The molecule has 0 unspecified atom stereocenters. The average Bonchev–Trinajstić information content (AvgIpc) is 2.86. The number of pyridine rings is 1. The van der Waals surface area contributed by atoms with E-state index in [9.17, 15) is 5.26 Å². The van der Waals surface area contributed by atoms with Crippen LogP contribution < -0.4 is 4.74 Å². The molecule has 0 radical (unpaired) electrons. The maximum Gasteiger partial charge on any atom is 0.129 e. The molecule has 19 heavy (non-hydrogen) atoms. The molecule has 0 amide bonds. The number of nitrogens with zero attached hydrogens (tertiary/aromatic N) is 2. The van der Waals surface area contributed by atoms with Crippen LogP contribution in [0.4, 0.5) is 0 Å². The van der Waals surface area contributed by atoms with Gasteiger partial charge in [0.05, 0.1) is 29.3 Å². The lowest BCUT2D eigenvalue weighted by Gasteiger charge is -2.01. The van der Waals surface area contributed by atoms with Crippen molar-refractivity contribution in [3.05, 3.63) is 48.3 Å². The summed E-state index contributed by atoms with van der Waals surface area (Å²) in [6, 6.07) is 11.7. The Bertz CT molecular complexity index is 769. The topological polar surface area (TPSA) is 61.7 Å². The van der Waals surface area contributed by atoms with E-state index in [1.807, 2.05) is 30.3 Å². The standard InChI is InChI=1S/C15H11N3O/c1-19-13-4-2-3-12-14(13)11(9-16)15(18-12)10-5-7-17-8-6-10/h2-8,18H,1H3. The first kappa shape index (κ1) is 11.3. The van der Waals surface area contributed by atoms with Crippen LogP contribution in [-0.2, 0) is 0 Å². The number of H-pyrrole nitrogens is 1. The van der Waals surface area contributed by atoms with Crippen LogP contribution in [0.15, 0.2) is 42.7 Å². The summed E-state index contributed by atoms with van der Waals surface area (Å²) in [5.74, 6) is 0.700. The molecule has 0 aliphatic rings. The van der Waals surface area contributed by atoms with Gasteiger partial charge in [-0.1, -0.05) is 6.07 Å². The number of methoxy groups -OCH3 is 1. The van der Waals surface area contributed by atoms with Crippen molar-refractivity contribution in [3.8, 4) is 23.1 Å². The van der Waals surface area contributed by atoms with Gasteiger partial charge in [-0.2, -0.15) is 5.26 Å². The van der Waals surface area contributed by atoms with Crippen molar-refractivity contribution in [2.45, 2.75) is 0 Å². The van der Waals surface area contributed by atoms with Crippen molar-refractivity contribution in [1.82, 2.24) is 9.97 Å². The Labute approximate surface area is 110 Å². The Morgan fingerprint density at radius 1 is 1.21 bits per heavy atom. The van der Waals surface area contributed by atoms with E-state index in [1.54, 1.807) is 19.5 Å². The number of benzene rings is 1. The van der Waals surface area contributed by atoms with Crippen LogP contribution in [0.25, 0.3) is 22.2 Å². The summed E-state index contributed by atoms with van der Waals surface area (Å²) in [5, 5.41) is 10.3.